The fourth-order valence-electron chi connectivity index (χ4n) is 2.66. The van der Waals surface area contributed by atoms with Crippen molar-refractivity contribution in [3.8, 4) is 16.4 Å². The van der Waals surface area contributed by atoms with E-state index >= 15 is 0 Å². The molecule has 3 heterocycles. The zero-order valence-electron chi connectivity index (χ0n) is 15.0. The van der Waals surface area contributed by atoms with Crippen molar-refractivity contribution >= 4 is 34.0 Å². The monoisotopic (exact) mass is 410 g/mol. The molecule has 4 aromatic rings. The normalized spacial score (nSPS) is 10.8. The third-order valence-corrected chi connectivity index (χ3v) is 5.51. The van der Waals surface area contributed by atoms with Gasteiger partial charge in [0.15, 0.2) is 5.01 Å². The van der Waals surface area contributed by atoms with E-state index in [4.69, 9.17) is 11.6 Å². The van der Waals surface area contributed by atoms with E-state index in [0.717, 1.165) is 17.1 Å². The van der Waals surface area contributed by atoms with Gasteiger partial charge in [-0.05, 0) is 50.2 Å². The first-order valence-corrected chi connectivity index (χ1v) is 9.61. The highest BCUT2D eigenvalue weighted by molar-refractivity contribution is 7.18. The maximum atomic E-state index is 12.5. The molecule has 0 aliphatic carbocycles. The molecule has 140 valence electrons. The van der Waals surface area contributed by atoms with Crippen LogP contribution in [0.2, 0.25) is 5.02 Å². The van der Waals surface area contributed by atoms with Crippen LogP contribution < -0.4 is 5.32 Å². The smallest absolute Gasteiger partial charge is 0.257 e. The van der Waals surface area contributed by atoms with Crippen molar-refractivity contribution in [1.29, 1.82) is 0 Å². The largest absolute Gasteiger partial charge is 0.296 e. The molecule has 0 aliphatic rings. The lowest BCUT2D eigenvalue weighted by atomic mass is 10.2. The molecule has 0 saturated heterocycles. The Kier molecular flexibility index (Phi) is 4.89. The van der Waals surface area contributed by atoms with E-state index in [1.165, 1.54) is 11.3 Å². The predicted molar refractivity (Wildman–Crippen MR) is 109 cm³/mol. The van der Waals surface area contributed by atoms with Crippen LogP contribution in [0.4, 0.5) is 5.13 Å². The number of benzene rings is 1. The van der Waals surface area contributed by atoms with Crippen LogP contribution >= 0.6 is 22.9 Å². The average Bonchev–Trinajstić information content (AvgIpc) is 3.29. The lowest BCUT2D eigenvalue weighted by Crippen LogP contribution is -2.12. The zero-order valence-corrected chi connectivity index (χ0v) is 16.6. The molecule has 0 unspecified atom stereocenters. The summed E-state index contributed by atoms with van der Waals surface area (Å²) in [5, 5.41) is 17.0. The van der Waals surface area contributed by atoms with Gasteiger partial charge >= 0.3 is 0 Å². The van der Waals surface area contributed by atoms with Crippen LogP contribution in [0.3, 0.4) is 0 Å². The number of anilines is 1. The second-order valence-corrected chi connectivity index (χ2v) is 7.38. The van der Waals surface area contributed by atoms with E-state index in [1.54, 1.807) is 23.0 Å². The Hall–Kier alpha value is -3.10. The summed E-state index contributed by atoms with van der Waals surface area (Å²) in [5.41, 5.74) is 3.67. The van der Waals surface area contributed by atoms with Crippen LogP contribution in [0.15, 0.2) is 48.7 Å². The van der Waals surface area contributed by atoms with Gasteiger partial charge in [-0.1, -0.05) is 29.0 Å². The number of nitrogens with zero attached hydrogens (tertiary/aromatic N) is 5. The molecular formula is C19H15ClN6OS. The van der Waals surface area contributed by atoms with Gasteiger partial charge in [-0.3, -0.25) is 15.1 Å². The molecule has 1 aromatic carbocycles. The Morgan fingerprint density at radius 2 is 1.89 bits per heavy atom. The van der Waals surface area contributed by atoms with Crippen molar-refractivity contribution in [1.82, 2.24) is 25.0 Å². The zero-order chi connectivity index (χ0) is 19.7. The minimum Gasteiger partial charge on any atom is -0.296 e. The molecule has 7 nitrogen and oxygen atoms in total. The number of hydrogen-bond donors (Lipinski definition) is 1. The Bertz CT molecular complexity index is 1140. The summed E-state index contributed by atoms with van der Waals surface area (Å²) in [6.07, 6.45) is 1.69. The number of carbonyl (C=O) groups excluding carboxylic acids is 1. The van der Waals surface area contributed by atoms with Gasteiger partial charge in [-0.2, -0.15) is 5.10 Å². The van der Waals surface area contributed by atoms with Gasteiger partial charge in [0.05, 0.1) is 22.1 Å². The maximum Gasteiger partial charge on any atom is 0.257 e. The summed E-state index contributed by atoms with van der Waals surface area (Å²) >= 11 is 7.47. The predicted octanol–water partition coefficient (Wildman–Crippen LogP) is 4.31. The third-order valence-electron chi connectivity index (χ3n) is 4.11. The highest BCUT2D eigenvalue weighted by atomic mass is 35.5. The van der Waals surface area contributed by atoms with Gasteiger partial charge in [-0.15, -0.1) is 10.2 Å². The number of amides is 1. The number of pyridine rings is 1. The molecular weight excluding hydrogens is 396 g/mol. The molecule has 0 saturated carbocycles. The summed E-state index contributed by atoms with van der Waals surface area (Å²) in [5.74, 6) is -0.262. The number of carbonyl (C=O) groups is 1. The Balaban J connectivity index is 1.50. The topological polar surface area (TPSA) is 85.6 Å². The summed E-state index contributed by atoms with van der Waals surface area (Å²) < 4.78 is 1.75. The van der Waals surface area contributed by atoms with Crippen LogP contribution in [0.25, 0.3) is 16.4 Å². The quantitative estimate of drug-likeness (QED) is 0.541. The highest BCUT2D eigenvalue weighted by Gasteiger charge is 2.14. The Morgan fingerprint density at radius 3 is 2.54 bits per heavy atom. The summed E-state index contributed by atoms with van der Waals surface area (Å²) in [7, 11) is 0. The summed E-state index contributed by atoms with van der Waals surface area (Å²) in [4.78, 5) is 16.7. The molecule has 0 fully saturated rings. The fourth-order valence-corrected chi connectivity index (χ4v) is 3.50. The number of aromatic nitrogens is 5. The van der Waals surface area contributed by atoms with Crippen molar-refractivity contribution in [3.63, 3.8) is 0 Å². The third kappa shape index (κ3) is 3.51. The summed E-state index contributed by atoms with van der Waals surface area (Å²) in [6, 6.07) is 12.7. The first kappa shape index (κ1) is 18.3. The second kappa shape index (κ2) is 7.49. The highest BCUT2D eigenvalue weighted by Crippen LogP contribution is 2.25. The van der Waals surface area contributed by atoms with Gasteiger partial charge in [0.25, 0.3) is 5.91 Å². The van der Waals surface area contributed by atoms with Crippen molar-refractivity contribution in [3.05, 3.63) is 70.6 Å². The number of halogens is 1. The fraction of sp³-hybridized carbons (Fsp3) is 0.105. The lowest BCUT2D eigenvalue weighted by molar-refractivity contribution is 0.102. The van der Waals surface area contributed by atoms with E-state index in [-0.39, 0.29) is 5.91 Å². The molecule has 4 rings (SSSR count). The molecule has 1 N–H and O–H groups in total. The van der Waals surface area contributed by atoms with Crippen LogP contribution in [-0.4, -0.2) is 30.9 Å². The second-order valence-electron chi connectivity index (χ2n) is 6.02. The molecule has 3 aromatic heterocycles. The van der Waals surface area contributed by atoms with Crippen molar-refractivity contribution in [2.45, 2.75) is 13.8 Å². The van der Waals surface area contributed by atoms with Gasteiger partial charge < -0.3 is 0 Å². The number of hydrogen-bond acceptors (Lipinski definition) is 6. The standard InChI is InChI=1S/C19H15ClN6OS/c1-11-16(20)12(2)26(25-11)14-8-6-13(7-9-14)17(27)22-19-24-23-18(28-19)15-5-3-4-10-21-15/h3-10H,1-2H3,(H,22,24,27). The van der Waals surface area contributed by atoms with Crippen LogP contribution in [0.5, 0.6) is 0 Å². The van der Waals surface area contributed by atoms with E-state index in [9.17, 15) is 4.79 Å². The van der Waals surface area contributed by atoms with Crippen molar-refractivity contribution < 1.29 is 4.79 Å². The van der Waals surface area contributed by atoms with Gasteiger partial charge in [-0.25, -0.2) is 4.68 Å². The minimum absolute atomic E-state index is 0.262. The first-order valence-electron chi connectivity index (χ1n) is 8.41. The molecule has 0 atom stereocenters. The first-order chi connectivity index (χ1) is 13.5. The van der Waals surface area contributed by atoms with Crippen molar-refractivity contribution in [2.75, 3.05) is 5.32 Å². The van der Waals surface area contributed by atoms with Crippen molar-refractivity contribution in [2.24, 2.45) is 0 Å². The van der Waals surface area contributed by atoms with Gasteiger partial charge in [0.1, 0.15) is 5.69 Å². The molecule has 28 heavy (non-hydrogen) atoms. The van der Waals surface area contributed by atoms with E-state index in [1.807, 2.05) is 44.2 Å². The van der Waals surface area contributed by atoms with E-state index in [0.29, 0.717) is 26.4 Å². The Labute approximate surface area is 170 Å². The van der Waals surface area contributed by atoms with Crippen LogP contribution in [0, 0.1) is 13.8 Å². The lowest BCUT2D eigenvalue weighted by Gasteiger charge is -2.06. The molecule has 1 amide bonds. The number of aryl methyl sites for hydroxylation is 1. The van der Waals surface area contributed by atoms with Gasteiger partial charge in [0, 0.05) is 11.8 Å². The summed E-state index contributed by atoms with van der Waals surface area (Å²) in [6.45, 7) is 3.76. The molecule has 0 aliphatic heterocycles. The molecule has 0 radical (unpaired) electrons. The van der Waals surface area contributed by atoms with E-state index < -0.39 is 0 Å². The maximum absolute atomic E-state index is 12.5. The van der Waals surface area contributed by atoms with Crippen LogP contribution in [0.1, 0.15) is 21.7 Å². The molecule has 9 heteroatoms. The molecule has 0 spiro atoms. The minimum atomic E-state index is -0.262. The Morgan fingerprint density at radius 1 is 1.11 bits per heavy atom. The van der Waals surface area contributed by atoms with Crippen LogP contribution in [-0.2, 0) is 0 Å². The van der Waals surface area contributed by atoms with E-state index in [2.05, 4.69) is 25.6 Å². The molecule has 0 bridgehead atoms. The average molecular weight is 411 g/mol. The number of rotatable bonds is 4. The van der Waals surface area contributed by atoms with Gasteiger partial charge in [0.2, 0.25) is 5.13 Å². The number of nitrogens with one attached hydrogen (secondary N) is 1. The SMILES string of the molecule is Cc1nn(-c2ccc(C(=O)Nc3nnc(-c4ccccn4)s3)cc2)c(C)c1Cl.